The van der Waals surface area contributed by atoms with Gasteiger partial charge in [-0.05, 0) is 33.6 Å². The van der Waals surface area contributed by atoms with E-state index in [2.05, 4.69) is 21.0 Å². The van der Waals surface area contributed by atoms with Crippen molar-refractivity contribution in [1.29, 1.82) is 0 Å². The molecule has 0 aliphatic carbocycles. The van der Waals surface area contributed by atoms with Gasteiger partial charge in [-0.15, -0.1) is 0 Å². The van der Waals surface area contributed by atoms with E-state index in [1.807, 2.05) is 37.2 Å². The molecule has 0 atom stereocenters. The van der Waals surface area contributed by atoms with E-state index in [-0.39, 0.29) is 5.56 Å². The van der Waals surface area contributed by atoms with Gasteiger partial charge in [-0.3, -0.25) is 4.79 Å². The van der Waals surface area contributed by atoms with Crippen LogP contribution in [0, 0.1) is 0 Å². The summed E-state index contributed by atoms with van der Waals surface area (Å²) in [6.07, 6.45) is 1.68. The first-order chi connectivity index (χ1) is 9.51. The number of anilines is 1. The lowest BCUT2D eigenvalue weighted by molar-refractivity contribution is 0.412. The Morgan fingerprint density at radius 2 is 2.10 bits per heavy atom. The molecule has 0 spiro atoms. The summed E-state index contributed by atoms with van der Waals surface area (Å²) in [6, 6.07) is 7.27. The van der Waals surface area contributed by atoms with Crippen LogP contribution in [-0.4, -0.2) is 31.0 Å². The highest BCUT2D eigenvalue weighted by molar-refractivity contribution is 9.10. The van der Waals surface area contributed by atoms with Gasteiger partial charge >= 0.3 is 0 Å². The van der Waals surface area contributed by atoms with Crippen LogP contribution in [0.15, 0.2) is 39.7 Å². The molecule has 0 amide bonds. The molecule has 0 aliphatic heterocycles. The van der Waals surface area contributed by atoms with Gasteiger partial charge in [0.05, 0.1) is 30.0 Å². The molecule has 5 nitrogen and oxygen atoms in total. The number of nitrogens with zero attached hydrogens (tertiary/aromatic N) is 3. The summed E-state index contributed by atoms with van der Waals surface area (Å²) >= 11 is 3.43. The van der Waals surface area contributed by atoms with Gasteiger partial charge in [0.1, 0.15) is 5.75 Å². The molecule has 0 fully saturated rings. The van der Waals surface area contributed by atoms with Crippen LogP contribution in [0.5, 0.6) is 5.75 Å². The van der Waals surface area contributed by atoms with Crippen molar-refractivity contribution in [3.63, 3.8) is 0 Å². The van der Waals surface area contributed by atoms with E-state index in [0.29, 0.717) is 6.54 Å². The van der Waals surface area contributed by atoms with E-state index in [1.54, 1.807) is 19.4 Å². The minimum absolute atomic E-state index is 0.122. The van der Waals surface area contributed by atoms with Crippen molar-refractivity contribution in [2.45, 2.75) is 6.54 Å². The smallest absolute Gasteiger partial charge is 0.269 e. The predicted molar refractivity (Wildman–Crippen MR) is 82.6 cm³/mol. The topological polar surface area (TPSA) is 47.4 Å². The van der Waals surface area contributed by atoms with Gasteiger partial charge in [-0.2, -0.15) is 5.10 Å². The summed E-state index contributed by atoms with van der Waals surface area (Å²) in [5, 5.41) is 4.18. The minimum atomic E-state index is -0.122. The van der Waals surface area contributed by atoms with Gasteiger partial charge < -0.3 is 9.64 Å². The fourth-order valence-electron chi connectivity index (χ4n) is 1.77. The molecule has 0 saturated heterocycles. The summed E-state index contributed by atoms with van der Waals surface area (Å²) in [4.78, 5) is 13.8. The van der Waals surface area contributed by atoms with Gasteiger partial charge in [0.25, 0.3) is 5.56 Å². The zero-order valence-corrected chi connectivity index (χ0v) is 13.2. The zero-order chi connectivity index (χ0) is 14.7. The summed E-state index contributed by atoms with van der Waals surface area (Å²) in [6.45, 7) is 0.426. The van der Waals surface area contributed by atoms with E-state index in [4.69, 9.17) is 4.74 Å². The molecular weight excluding hydrogens is 322 g/mol. The van der Waals surface area contributed by atoms with E-state index >= 15 is 0 Å². The minimum Gasteiger partial charge on any atom is -0.496 e. The third-order valence-corrected chi connectivity index (χ3v) is 3.54. The fraction of sp³-hybridized carbons (Fsp3) is 0.286. The highest BCUT2D eigenvalue weighted by Gasteiger charge is 2.05. The maximum atomic E-state index is 12.0. The lowest BCUT2D eigenvalue weighted by Gasteiger charge is -2.12. The molecule has 1 aromatic carbocycles. The molecule has 1 aromatic heterocycles. The molecule has 0 unspecified atom stereocenters. The van der Waals surface area contributed by atoms with Crippen LogP contribution in [-0.2, 0) is 6.54 Å². The fourth-order valence-corrected chi connectivity index (χ4v) is 2.36. The maximum absolute atomic E-state index is 12.0. The van der Waals surface area contributed by atoms with E-state index in [9.17, 15) is 4.79 Å². The van der Waals surface area contributed by atoms with Crippen LogP contribution < -0.4 is 15.2 Å². The van der Waals surface area contributed by atoms with Crippen molar-refractivity contribution in [3.05, 3.63) is 50.9 Å². The quantitative estimate of drug-likeness (QED) is 0.857. The summed E-state index contributed by atoms with van der Waals surface area (Å²) in [7, 11) is 5.37. The number of hydrogen-bond donors (Lipinski definition) is 0. The molecule has 20 heavy (non-hydrogen) atoms. The van der Waals surface area contributed by atoms with Crippen LogP contribution >= 0.6 is 15.9 Å². The first kappa shape index (κ1) is 14.6. The summed E-state index contributed by atoms with van der Waals surface area (Å²) < 4.78 is 7.47. The molecule has 2 rings (SSSR count). The van der Waals surface area contributed by atoms with E-state index in [1.165, 1.54) is 4.68 Å². The van der Waals surface area contributed by atoms with Crippen LogP contribution in [0.2, 0.25) is 0 Å². The van der Waals surface area contributed by atoms with Crippen molar-refractivity contribution < 1.29 is 4.74 Å². The first-order valence-electron chi connectivity index (χ1n) is 6.08. The lowest BCUT2D eigenvalue weighted by Crippen LogP contribution is -2.24. The Kier molecular flexibility index (Phi) is 4.44. The SMILES string of the molecule is COc1ccc(Cn2ncc(N(C)C)cc2=O)cc1Br. The van der Waals surface area contributed by atoms with Crippen molar-refractivity contribution in [2.24, 2.45) is 0 Å². The number of rotatable bonds is 4. The van der Waals surface area contributed by atoms with Crippen LogP contribution in [0.4, 0.5) is 5.69 Å². The molecule has 1 heterocycles. The number of aromatic nitrogens is 2. The summed E-state index contributed by atoms with van der Waals surface area (Å²) in [5.41, 5.74) is 1.65. The maximum Gasteiger partial charge on any atom is 0.269 e. The highest BCUT2D eigenvalue weighted by atomic mass is 79.9. The van der Waals surface area contributed by atoms with Crippen molar-refractivity contribution in [2.75, 3.05) is 26.1 Å². The second-order valence-corrected chi connectivity index (χ2v) is 5.43. The van der Waals surface area contributed by atoms with Gasteiger partial charge in [0.2, 0.25) is 0 Å². The molecule has 0 saturated carbocycles. The van der Waals surface area contributed by atoms with Gasteiger partial charge in [0.15, 0.2) is 0 Å². The first-order valence-corrected chi connectivity index (χ1v) is 6.87. The third kappa shape index (κ3) is 3.19. The van der Waals surface area contributed by atoms with Crippen LogP contribution in [0.1, 0.15) is 5.56 Å². The van der Waals surface area contributed by atoms with Crippen molar-refractivity contribution in [3.8, 4) is 5.75 Å². The van der Waals surface area contributed by atoms with E-state index < -0.39 is 0 Å². The molecule has 2 aromatic rings. The molecular formula is C14H16BrN3O2. The van der Waals surface area contributed by atoms with Crippen LogP contribution in [0.3, 0.4) is 0 Å². The standard InChI is InChI=1S/C14H16BrN3O2/c1-17(2)11-7-14(19)18(16-8-11)9-10-4-5-13(20-3)12(15)6-10/h4-8H,9H2,1-3H3. The normalized spacial score (nSPS) is 10.4. The number of halogens is 1. The average Bonchev–Trinajstić information content (AvgIpc) is 2.41. The van der Waals surface area contributed by atoms with Crippen molar-refractivity contribution in [1.82, 2.24) is 9.78 Å². The molecule has 6 heteroatoms. The van der Waals surface area contributed by atoms with Gasteiger partial charge in [0, 0.05) is 20.2 Å². The number of ether oxygens (including phenoxy) is 1. The van der Waals surface area contributed by atoms with Crippen LogP contribution in [0.25, 0.3) is 0 Å². The zero-order valence-electron chi connectivity index (χ0n) is 11.6. The van der Waals surface area contributed by atoms with Crippen molar-refractivity contribution >= 4 is 21.6 Å². The van der Waals surface area contributed by atoms with Gasteiger partial charge in [-0.1, -0.05) is 6.07 Å². The number of hydrogen-bond acceptors (Lipinski definition) is 4. The average molecular weight is 338 g/mol. The molecule has 0 bridgehead atoms. The lowest BCUT2D eigenvalue weighted by atomic mass is 10.2. The second kappa shape index (κ2) is 6.09. The van der Waals surface area contributed by atoms with E-state index in [0.717, 1.165) is 21.5 Å². The predicted octanol–water partition coefficient (Wildman–Crippen LogP) is 2.13. The summed E-state index contributed by atoms with van der Waals surface area (Å²) in [5.74, 6) is 0.761. The Morgan fingerprint density at radius 1 is 1.35 bits per heavy atom. The molecule has 0 radical (unpaired) electrons. The number of benzene rings is 1. The van der Waals surface area contributed by atoms with Gasteiger partial charge in [-0.25, -0.2) is 4.68 Å². The largest absolute Gasteiger partial charge is 0.496 e. The Balaban J connectivity index is 2.26. The third-order valence-electron chi connectivity index (χ3n) is 2.92. The number of methoxy groups -OCH3 is 1. The monoisotopic (exact) mass is 337 g/mol. The second-order valence-electron chi connectivity index (χ2n) is 4.57. The Morgan fingerprint density at radius 3 is 2.65 bits per heavy atom. The Bertz CT molecular complexity index is 668. The molecule has 0 aliphatic rings. The molecule has 106 valence electrons. The Labute approximate surface area is 125 Å². The highest BCUT2D eigenvalue weighted by Crippen LogP contribution is 2.25. The molecule has 0 N–H and O–H groups in total. The Hall–Kier alpha value is -1.82.